The second-order valence-electron chi connectivity index (χ2n) is 3.32. The molecule has 0 saturated carbocycles. The van der Waals surface area contributed by atoms with Crippen LogP contribution in [0.2, 0.25) is 0 Å². The molecular formula is C10H19N3S. The Morgan fingerprint density at radius 1 is 1.50 bits per heavy atom. The molecule has 1 N–H and O–H groups in total. The molecule has 0 unspecified atom stereocenters. The third-order valence-electron chi connectivity index (χ3n) is 2.18. The third kappa shape index (κ3) is 4.15. The van der Waals surface area contributed by atoms with Gasteiger partial charge in [0.25, 0.3) is 0 Å². The van der Waals surface area contributed by atoms with Gasteiger partial charge in [0.2, 0.25) is 0 Å². The standard InChI is InChI=1S/C10H19N3S/c1-13-10(5-7-12-13)9-11-6-3-4-8-14-2/h5,7,11H,3-4,6,8-9H2,1-2H3. The lowest BCUT2D eigenvalue weighted by Crippen LogP contribution is -2.17. The van der Waals surface area contributed by atoms with Crippen LogP contribution in [0.3, 0.4) is 0 Å². The molecule has 80 valence electrons. The number of aryl methyl sites for hydroxylation is 1. The molecule has 0 saturated heterocycles. The first-order chi connectivity index (χ1) is 6.84. The van der Waals surface area contributed by atoms with Gasteiger partial charge in [-0.1, -0.05) is 0 Å². The van der Waals surface area contributed by atoms with Crippen molar-refractivity contribution in [2.75, 3.05) is 18.6 Å². The summed E-state index contributed by atoms with van der Waals surface area (Å²) in [5, 5.41) is 7.54. The SMILES string of the molecule is CSCCCCNCc1ccnn1C. The zero-order valence-electron chi connectivity index (χ0n) is 8.99. The average Bonchev–Trinajstić information content (AvgIpc) is 2.58. The quantitative estimate of drug-likeness (QED) is 0.699. The second-order valence-corrected chi connectivity index (χ2v) is 4.31. The summed E-state index contributed by atoms with van der Waals surface area (Å²) >= 11 is 1.92. The van der Waals surface area contributed by atoms with Crippen LogP contribution in [0.15, 0.2) is 12.3 Å². The molecule has 0 fully saturated rings. The minimum atomic E-state index is 0.926. The summed E-state index contributed by atoms with van der Waals surface area (Å²) in [4.78, 5) is 0. The number of unbranched alkanes of at least 4 members (excludes halogenated alkanes) is 1. The lowest BCUT2D eigenvalue weighted by atomic mass is 10.3. The van der Waals surface area contributed by atoms with E-state index in [2.05, 4.69) is 22.7 Å². The Morgan fingerprint density at radius 3 is 3.00 bits per heavy atom. The predicted octanol–water partition coefficient (Wildman–Crippen LogP) is 1.65. The molecule has 1 aromatic heterocycles. The van der Waals surface area contributed by atoms with E-state index in [0.717, 1.165) is 13.1 Å². The minimum Gasteiger partial charge on any atom is -0.311 e. The summed E-state index contributed by atoms with van der Waals surface area (Å²) in [6.45, 7) is 2.03. The second kappa shape index (κ2) is 6.90. The van der Waals surface area contributed by atoms with Crippen molar-refractivity contribution in [1.82, 2.24) is 15.1 Å². The molecule has 3 nitrogen and oxygen atoms in total. The minimum absolute atomic E-state index is 0.926. The fourth-order valence-electron chi connectivity index (χ4n) is 1.29. The van der Waals surface area contributed by atoms with E-state index in [-0.39, 0.29) is 0 Å². The van der Waals surface area contributed by atoms with Gasteiger partial charge in [0.15, 0.2) is 0 Å². The summed E-state index contributed by atoms with van der Waals surface area (Å²) in [6, 6.07) is 2.05. The zero-order chi connectivity index (χ0) is 10.2. The molecule has 1 aromatic rings. The molecule has 14 heavy (non-hydrogen) atoms. The fourth-order valence-corrected chi connectivity index (χ4v) is 1.78. The molecule has 1 rings (SSSR count). The summed E-state index contributed by atoms with van der Waals surface area (Å²) in [6.07, 6.45) is 6.56. The van der Waals surface area contributed by atoms with Crippen LogP contribution in [0.4, 0.5) is 0 Å². The highest BCUT2D eigenvalue weighted by Crippen LogP contribution is 1.99. The van der Waals surface area contributed by atoms with Gasteiger partial charge in [-0.25, -0.2) is 0 Å². The largest absolute Gasteiger partial charge is 0.311 e. The molecule has 1 heterocycles. The van der Waals surface area contributed by atoms with E-state index in [1.165, 1.54) is 24.3 Å². The summed E-state index contributed by atoms with van der Waals surface area (Å²) in [7, 11) is 1.98. The molecule has 0 atom stereocenters. The highest BCUT2D eigenvalue weighted by Gasteiger charge is 1.96. The van der Waals surface area contributed by atoms with E-state index in [4.69, 9.17) is 0 Å². The molecular weight excluding hydrogens is 194 g/mol. The van der Waals surface area contributed by atoms with Crippen molar-refractivity contribution >= 4 is 11.8 Å². The highest BCUT2D eigenvalue weighted by molar-refractivity contribution is 7.98. The van der Waals surface area contributed by atoms with E-state index in [9.17, 15) is 0 Å². The summed E-state index contributed by atoms with van der Waals surface area (Å²) in [5.41, 5.74) is 1.25. The Kier molecular flexibility index (Phi) is 5.71. The van der Waals surface area contributed by atoms with Gasteiger partial charge in [0, 0.05) is 19.8 Å². The fraction of sp³-hybridized carbons (Fsp3) is 0.700. The van der Waals surface area contributed by atoms with Crippen molar-refractivity contribution in [2.24, 2.45) is 7.05 Å². The number of hydrogen-bond acceptors (Lipinski definition) is 3. The van der Waals surface area contributed by atoms with Crippen molar-refractivity contribution in [1.29, 1.82) is 0 Å². The van der Waals surface area contributed by atoms with Crippen molar-refractivity contribution < 1.29 is 0 Å². The Balaban J connectivity index is 2.02. The van der Waals surface area contributed by atoms with E-state index in [1.807, 2.05) is 29.7 Å². The molecule has 0 aliphatic carbocycles. The van der Waals surface area contributed by atoms with Gasteiger partial charge < -0.3 is 5.32 Å². The maximum absolute atomic E-state index is 4.12. The molecule has 0 bridgehead atoms. The first-order valence-electron chi connectivity index (χ1n) is 5.01. The van der Waals surface area contributed by atoms with Gasteiger partial charge in [-0.05, 0) is 37.5 Å². The van der Waals surface area contributed by atoms with Crippen LogP contribution >= 0.6 is 11.8 Å². The van der Waals surface area contributed by atoms with Gasteiger partial charge in [0.05, 0.1) is 5.69 Å². The highest BCUT2D eigenvalue weighted by atomic mass is 32.2. The number of hydrogen-bond donors (Lipinski definition) is 1. The number of thioether (sulfide) groups is 1. The Bertz CT molecular complexity index is 247. The molecule has 0 aromatic carbocycles. The predicted molar refractivity (Wildman–Crippen MR) is 62.5 cm³/mol. The molecule has 0 aliphatic rings. The lowest BCUT2D eigenvalue weighted by Gasteiger charge is -2.04. The Morgan fingerprint density at radius 2 is 2.36 bits per heavy atom. The van der Waals surface area contributed by atoms with Crippen molar-refractivity contribution in [3.05, 3.63) is 18.0 Å². The van der Waals surface area contributed by atoms with E-state index < -0.39 is 0 Å². The molecule has 0 spiro atoms. The number of rotatable bonds is 7. The van der Waals surface area contributed by atoms with Crippen molar-refractivity contribution in [3.63, 3.8) is 0 Å². The Labute approximate surface area is 90.3 Å². The normalized spacial score (nSPS) is 10.7. The van der Waals surface area contributed by atoms with E-state index in [0.29, 0.717) is 0 Å². The van der Waals surface area contributed by atoms with Crippen molar-refractivity contribution in [3.8, 4) is 0 Å². The first kappa shape index (κ1) is 11.6. The van der Waals surface area contributed by atoms with Gasteiger partial charge >= 0.3 is 0 Å². The molecule has 4 heteroatoms. The third-order valence-corrected chi connectivity index (χ3v) is 2.88. The van der Waals surface area contributed by atoms with Crippen LogP contribution in [-0.4, -0.2) is 28.3 Å². The van der Waals surface area contributed by atoms with Crippen LogP contribution < -0.4 is 5.32 Å². The lowest BCUT2D eigenvalue weighted by molar-refractivity contribution is 0.604. The maximum atomic E-state index is 4.12. The topological polar surface area (TPSA) is 29.9 Å². The smallest absolute Gasteiger partial charge is 0.0518 e. The van der Waals surface area contributed by atoms with Gasteiger partial charge in [-0.2, -0.15) is 16.9 Å². The summed E-state index contributed by atoms with van der Waals surface area (Å²) < 4.78 is 1.91. The van der Waals surface area contributed by atoms with Crippen LogP contribution in [0.5, 0.6) is 0 Å². The summed E-state index contributed by atoms with van der Waals surface area (Å²) in [5.74, 6) is 1.27. The Hall–Kier alpha value is -0.480. The number of nitrogens with zero attached hydrogens (tertiary/aromatic N) is 2. The van der Waals surface area contributed by atoms with Crippen LogP contribution in [-0.2, 0) is 13.6 Å². The molecule has 0 radical (unpaired) electrons. The maximum Gasteiger partial charge on any atom is 0.0518 e. The number of nitrogens with one attached hydrogen (secondary N) is 1. The monoisotopic (exact) mass is 213 g/mol. The molecule has 0 aliphatic heterocycles. The van der Waals surface area contributed by atoms with E-state index in [1.54, 1.807) is 0 Å². The average molecular weight is 213 g/mol. The van der Waals surface area contributed by atoms with Crippen LogP contribution in [0.1, 0.15) is 18.5 Å². The van der Waals surface area contributed by atoms with Crippen LogP contribution in [0, 0.1) is 0 Å². The van der Waals surface area contributed by atoms with E-state index >= 15 is 0 Å². The van der Waals surface area contributed by atoms with Gasteiger partial charge in [0.1, 0.15) is 0 Å². The molecule has 0 amide bonds. The first-order valence-corrected chi connectivity index (χ1v) is 6.40. The van der Waals surface area contributed by atoms with Crippen molar-refractivity contribution in [2.45, 2.75) is 19.4 Å². The van der Waals surface area contributed by atoms with Gasteiger partial charge in [-0.15, -0.1) is 0 Å². The van der Waals surface area contributed by atoms with Gasteiger partial charge in [-0.3, -0.25) is 4.68 Å². The number of aromatic nitrogens is 2. The zero-order valence-corrected chi connectivity index (χ0v) is 9.81. The van der Waals surface area contributed by atoms with Crippen LogP contribution in [0.25, 0.3) is 0 Å².